The Morgan fingerprint density at radius 2 is 2.05 bits per heavy atom. The van der Waals surface area contributed by atoms with Crippen LogP contribution >= 0.6 is 0 Å². The topological polar surface area (TPSA) is 52.6 Å². The van der Waals surface area contributed by atoms with Crippen LogP contribution in [0, 0.1) is 11.2 Å². The van der Waals surface area contributed by atoms with Gasteiger partial charge >= 0.3 is 0 Å². The van der Waals surface area contributed by atoms with Gasteiger partial charge in [-0.2, -0.15) is 0 Å². The zero-order valence-corrected chi connectivity index (χ0v) is 12.4. The van der Waals surface area contributed by atoms with Crippen LogP contribution in [-0.2, 0) is 4.79 Å². The lowest BCUT2D eigenvalue weighted by molar-refractivity contribution is -0.118. The van der Waals surface area contributed by atoms with Gasteiger partial charge in [0.1, 0.15) is 5.82 Å². The van der Waals surface area contributed by atoms with Gasteiger partial charge in [-0.3, -0.25) is 9.69 Å². The largest absolute Gasteiger partial charge is 0.396 e. The standard InChI is InChI=1S/C16H23FN2O2/c1-2-16(12-20)7-9-19(10-8-16)11-15(21)18-14-6-4-3-5-13(14)17/h3-6,20H,2,7-12H2,1H3,(H,18,21). The molecule has 2 rings (SSSR count). The molecule has 2 N–H and O–H groups in total. The highest BCUT2D eigenvalue weighted by Crippen LogP contribution is 2.34. The van der Waals surface area contributed by atoms with E-state index >= 15 is 0 Å². The van der Waals surface area contributed by atoms with Crippen LogP contribution in [-0.4, -0.2) is 42.2 Å². The summed E-state index contributed by atoms with van der Waals surface area (Å²) >= 11 is 0. The second-order valence-corrected chi connectivity index (χ2v) is 5.82. The number of carbonyl (C=O) groups excluding carboxylic acids is 1. The number of aliphatic hydroxyl groups excluding tert-OH is 1. The van der Waals surface area contributed by atoms with Crippen LogP contribution in [0.1, 0.15) is 26.2 Å². The SMILES string of the molecule is CCC1(CO)CCN(CC(=O)Nc2ccccc2F)CC1. The normalized spacial score (nSPS) is 18.4. The van der Waals surface area contributed by atoms with Crippen LogP contribution in [0.3, 0.4) is 0 Å². The molecular weight excluding hydrogens is 271 g/mol. The average molecular weight is 294 g/mol. The third kappa shape index (κ3) is 4.02. The number of benzene rings is 1. The zero-order chi connectivity index (χ0) is 15.3. The number of hydrogen-bond donors (Lipinski definition) is 2. The molecule has 1 saturated heterocycles. The molecule has 1 amide bonds. The Bertz CT molecular complexity index is 479. The molecule has 1 aliphatic rings. The lowest BCUT2D eigenvalue weighted by Gasteiger charge is -2.39. The number of nitrogens with one attached hydrogen (secondary N) is 1. The van der Waals surface area contributed by atoms with Crippen molar-refractivity contribution in [1.29, 1.82) is 0 Å². The van der Waals surface area contributed by atoms with Gasteiger partial charge in [0, 0.05) is 6.61 Å². The van der Waals surface area contributed by atoms with Crippen LogP contribution in [0.2, 0.25) is 0 Å². The third-order valence-corrected chi connectivity index (χ3v) is 4.52. The van der Waals surface area contributed by atoms with Gasteiger partial charge in [-0.1, -0.05) is 19.1 Å². The molecule has 1 aromatic rings. The van der Waals surface area contributed by atoms with Crippen molar-refractivity contribution in [3.8, 4) is 0 Å². The molecule has 0 aliphatic carbocycles. The summed E-state index contributed by atoms with van der Waals surface area (Å²) in [6.45, 7) is 4.15. The summed E-state index contributed by atoms with van der Waals surface area (Å²) in [6, 6.07) is 6.16. The van der Waals surface area contributed by atoms with Gasteiger partial charge in [0.15, 0.2) is 0 Å². The lowest BCUT2D eigenvalue weighted by atomic mass is 9.77. The third-order valence-electron chi connectivity index (χ3n) is 4.52. The van der Waals surface area contributed by atoms with Crippen molar-refractivity contribution < 1.29 is 14.3 Å². The van der Waals surface area contributed by atoms with Crippen molar-refractivity contribution in [1.82, 2.24) is 4.90 Å². The van der Waals surface area contributed by atoms with Crippen molar-refractivity contribution >= 4 is 11.6 Å². The van der Waals surface area contributed by atoms with Crippen molar-refractivity contribution in [3.63, 3.8) is 0 Å². The average Bonchev–Trinajstić information content (AvgIpc) is 2.51. The number of halogens is 1. The molecule has 1 heterocycles. The minimum absolute atomic E-state index is 0.0124. The fourth-order valence-corrected chi connectivity index (χ4v) is 2.76. The molecule has 0 atom stereocenters. The van der Waals surface area contributed by atoms with Crippen LogP contribution < -0.4 is 5.32 Å². The molecule has 21 heavy (non-hydrogen) atoms. The predicted octanol–water partition coefficient (Wildman–Crippen LogP) is 2.25. The number of hydrogen-bond acceptors (Lipinski definition) is 3. The van der Waals surface area contributed by atoms with Crippen LogP contribution in [0.25, 0.3) is 0 Å². The fraction of sp³-hybridized carbons (Fsp3) is 0.562. The van der Waals surface area contributed by atoms with Gasteiger partial charge in [0.25, 0.3) is 0 Å². The summed E-state index contributed by atoms with van der Waals surface area (Å²) in [7, 11) is 0. The molecule has 0 aromatic heterocycles. The number of para-hydroxylation sites is 1. The first-order chi connectivity index (χ1) is 10.1. The molecule has 0 bridgehead atoms. The van der Waals surface area contributed by atoms with Crippen molar-refractivity contribution in [2.24, 2.45) is 5.41 Å². The number of piperidine rings is 1. The summed E-state index contributed by atoms with van der Waals surface area (Å²) in [4.78, 5) is 14.0. The number of carbonyl (C=O) groups is 1. The maximum Gasteiger partial charge on any atom is 0.238 e. The van der Waals surface area contributed by atoms with E-state index in [1.54, 1.807) is 18.2 Å². The first kappa shape index (κ1) is 15.9. The van der Waals surface area contributed by atoms with Crippen LogP contribution in [0.5, 0.6) is 0 Å². The molecule has 116 valence electrons. The highest BCUT2D eigenvalue weighted by atomic mass is 19.1. The molecular formula is C16H23FN2O2. The minimum atomic E-state index is -0.422. The maximum atomic E-state index is 13.5. The molecule has 5 heteroatoms. The zero-order valence-electron chi connectivity index (χ0n) is 12.4. The highest BCUT2D eigenvalue weighted by molar-refractivity contribution is 5.92. The van der Waals surface area contributed by atoms with Crippen molar-refractivity contribution in [2.45, 2.75) is 26.2 Å². The van der Waals surface area contributed by atoms with Gasteiger partial charge in [-0.25, -0.2) is 4.39 Å². The minimum Gasteiger partial charge on any atom is -0.396 e. The van der Waals surface area contributed by atoms with Crippen molar-refractivity contribution in [3.05, 3.63) is 30.1 Å². The van der Waals surface area contributed by atoms with E-state index in [0.29, 0.717) is 0 Å². The molecule has 1 aromatic carbocycles. The molecule has 0 radical (unpaired) electrons. The van der Waals surface area contributed by atoms with Crippen molar-refractivity contribution in [2.75, 3.05) is 31.6 Å². The van der Waals surface area contributed by atoms with Gasteiger partial charge < -0.3 is 10.4 Å². The Balaban J connectivity index is 1.84. The smallest absolute Gasteiger partial charge is 0.238 e. The number of anilines is 1. The molecule has 0 unspecified atom stereocenters. The Hall–Kier alpha value is -1.46. The number of nitrogens with zero attached hydrogens (tertiary/aromatic N) is 1. The number of amides is 1. The van der Waals surface area contributed by atoms with Gasteiger partial charge in [-0.05, 0) is 49.9 Å². The number of rotatable bonds is 5. The molecule has 4 nitrogen and oxygen atoms in total. The second-order valence-electron chi connectivity index (χ2n) is 5.82. The predicted molar refractivity (Wildman–Crippen MR) is 80.5 cm³/mol. The van der Waals surface area contributed by atoms with E-state index < -0.39 is 5.82 Å². The first-order valence-corrected chi connectivity index (χ1v) is 7.46. The summed E-state index contributed by atoms with van der Waals surface area (Å²) < 4.78 is 13.5. The van der Waals surface area contributed by atoms with Gasteiger partial charge in [-0.15, -0.1) is 0 Å². The quantitative estimate of drug-likeness (QED) is 0.876. The van der Waals surface area contributed by atoms with Crippen LogP contribution in [0.15, 0.2) is 24.3 Å². The monoisotopic (exact) mass is 294 g/mol. The van der Waals surface area contributed by atoms with Gasteiger partial charge in [0.2, 0.25) is 5.91 Å². The Kier molecular flexibility index (Phi) is 5.31. The Labute approximate surface area is 125 Å². The van der Waals surface area contributed by atoms with E-state index in [0.717, 1.165) is 32.4 Å². The summed E-state index contributed by atoms with van der Waals surface area (Å²) in [6.07, 6.45) is 2.75. The first-order valence-electron chi connectivity index (χ1n) is 7.46. The second kappa shape index (κ2) is 7.00. The highest BCUT2D eigenvalue weighted by Gasteiger charge is 2.32. The summed E-state index contributed by atoms with van der Waals surface area (Å²) in [5, 5.41) is 12.1. The maximum absolute atomic E-state index is 13.5. The van der Waals surface area contributed by atoms with E-state index in [9.17, 15) is 14.3 Å². The Morgan fingerprint density at radius 3 is 2.62 bits per heavy atom. The summed E-state index contributed by atoms with van der Waals surface area (Å²) in [5.41, 5.74) is 0.233. The van der Waals surface area contributed by atoms with Crippen LogP contribution in [0.4, 0.5) is 10.1 Å². The molecule has 0 spiro atoms. The number of aliphatic hydroxyl groups is 1. The Morgan fingerprint density at radius 1 is 1.38 bits per heavy atom. The summed E-state index contributed by atoms with van der Waals surface area (Å²) in [5.74, 6) is -0.622. The molecule has 1 fully saturated rings. The van der Waals surface area contributed by atoms with E-state index in [4.69, 9.17) is 0 Å². The van der Waals surface area contributed by atoms with E-state index in [-0.39, 0.29) is 30.2 Å². The fourth-order valence-electron chi connectivity index (χ4n) is 2.76. The van der Waals surface area contributed by atoms with Gasteiger partial charge in [0.05, 0.1) is 12.2 Å². The molecule has 1 aliphatic heterocycles. The van der Waals surface area contributed by atoms with E-state index in [1.165, 1.54) is 6.07 Å². The molecule has 0 saturated carbocycles. The van der Waals surface area contributed by atoms with E-state index in [1.807, 2.05) is 0 Å². The van der Waals surface area contributed by atoms with E-state index in [2.05, 4.69) is 17.1 Å². The number of likely N-dealkylation sites (tertiary alicyclic amines) is 1. The lowest BCUT2D eigenvalue weighted by Crippen LogP contribution is -2.44.